The SMILES string of the molecule is O=S(=O)(Cc1cccc(Cl)c1Cl)c1cccc(F)c1. The smallest absolute Gasteiger partial charge is 0.182 e. The molecular formula is C13H9Cl2FO2S. The Labute approximate surface area is 120 Å². The molecule has 19 heavy (non-hydrogen) atoms. The summed E-state index contributed by atoms with van der Waals surface area (Å²) in [7, 11) is -3.66. The lowest BCUT2D eigenvalue weighted by Gasteiger charge is -2.07. The van der Waals surface area contributed by atoms with Gasteiger partial charge in [0.15, 0.2) is 9.84 Å². The molecule has 0 atom stereocenters. The number of benzene rings is 2. The molecule has 2 aromatic rings. The summed E-state index contributed by atoms with van der Waals surface area (Å²) in [5.41, 5.74) is 0.387. The summed E-state index contributed by atoms with van der Waals surface area (Å²) in [5.74, 6) is -0.922. The second-order valence-electron chi connectivity index (χ2n) is 3.93. The van der Waals surface area contributed by atoms with E-state index in [-0.39, 0.29) is 20.7 Å². The summed E-state index contributed by atoms with van der Waals surface area (Å²) in [6.45, 7) is 0. The van der Waals surface area contributed by atoms with E-state index in [1.54, 1.807) is 18.2 Å². The monoisotopic (exact) mass is 318 g/mol. The van der Waals surface area contributed by atoms with Crippen molar-refractivity contribution in [3.05, 3.63) is 63.9 Å². The van der Waals surface area contributed by atoms with Crippen LogP contribution in [0, 0.1) is 5.82 Å². The first kappa shape index (κ1) is 14.3. The molecule has 0 bridgehead atoms. The Bertz CT molecular complexity index is 714. The number of hydrogen-bond donors (Lipinski definition) is 0. The molecule has 6 heteroatoms. The highest BCUT2D eigenvalue weighted by Crippen LogP contribution is 2.28. The normalized spacial score (nSPS) is 11.5. The molecule has 0 aliphatic carbocycles. The number of hydrogen-bond acceptors (Lipinski definition) is 2. The summed E-state index contributed by atoms with van der Waals surface area (Å²) >= 11 is 11.8. The first-order chi connectivity index (χ1) is 8.90. The Morgan fingerprint density at radius 2 is 1.74 bits per heavy atom. The van der Waals surface area contributed by atoms with Gasteiger partial charge in [-0.15, -0.1) is 0 Å². The lowest BCUT2D eigenvalue weighted by atomic mass is 10.2. The molecule has 2 rings (SSSR count). The van der Waals surface area contributed by atoms with Crippen LogP contribution in [0.3, 0.4) is 0 Å². The minimum Gasteiger partial charge on any atom is -0.223 e. The van der Waals surface area contributed by atoms with Crippen LogP contribution in [0.15, 0.2) is 47.4 Å². The zero-order valence-corrected chi connectivity index (χ0v) is 11.9. The molecule has 2 nitrogen and oxygen atoms in total. The second-order valence-corrected chi connectivity index (χ2v) is 6.70. The molecule has 2 aromatic carbocycles. The van der Waals surface area contributed by atoms with Gasteiger partial charge >= 0.3 is 0 Å². The zero-order valence-electron chi connectivity index (χ0n) is 9.61. The standard InChI is InChI=1S/C13H9Cl2FO2S/c14-12-6-1-3-9(13(12)15)8-19(17,18)11-5-2-4-10(16)7-11/h1-7H,8H2. The minimum atomic E-state index is -3.66. The van der Waals surface area contributed by atoms with Gasteiger partial charge in [0, 0.05) is 0 Å². The average molecular weight is 319 g/mol. The zero-order chi connectivity index (χ0) is 14.0. The van der Waals surface area contributed by atoms with Crippen molar-refractivity contribution in [2.24, 2.45) is 0 Å². The molecule has 0 aliphatic rings. The molecular weight excluding hydrogens is 310 g/mol. The molecule has 0 saturated heterocycles. The fourth-order valence-corrected chi connectivity index (χ4v) is 3.47. The maximum Gasteiger partial charge on any atom is 0.182 e. The Kier molecular flexibility index (Phi) is 4.13. The van der Waals surface area contributed by atoms with Crippen LogP contribution in [-0.2, 0) is 15.6 Å². The lowest BCUT2D eigenvalue weighted by molar-refractivity contribution is 0.590. The molecule has 0 heterocycles. The molecule has 100 valence electrons. The number of sulfone groups is 1. The highest BCUT2D eigenvalue weighted by Gasteiger charge is 2.18. The predicted molar refractivity (Wildman–Crippen MR) is 73.8 cm³/mol. The van der Waals surface area contributed by atoms with Crippen molar-refractivity contribution >= 4 is 33.0 Å². The van der Waals surface area contributed by atoms with Crippen molar-refractivity contribution in [2.45, 2.75) is 10.6 Å². The van der Waals surface area contributed by atoms with E-state index in [0.717, 1.165) is 6.07 Å². The largest absolute Gasteiger partial charge is 0.223 e. The van der Waals surface area contributed by atoms with Crippen LogP contribution < -0.4 is 0 Å². The molecule has 0 N–H and O–H groups in total. The summed E-state index contributed by atoms with van der Waals surface area (Å²) in [5, 5.41) is 0.484. The van der Waals surface area contributed by atoms with E-state index >= 15 is 0 Å². The third kappa shape index (κ3) is 3.26. The van der Waals surface area contributed by atoms with E-state index in [1.807, 2.05) is 0 Å². The van der Waals surface area contributed by atoms with Crippen LogP contribution >= 0.6 is 23.2 Å². The number of rotatable bonds is 3. The van der Waals surface area contributed by atoms with Crippen LogP contribution in [0.1, 0.15) is 5.56 Å². The predicted octanol–water partition coefficient (Wildman–Crippen LogP) is 4.11. The van der Waals surface area contributed by atoms with Crippen molar-refractivity contribution in [3.63, 3.8) is 0 Å². The van der Waals surface area contributed by atoms with Crippen LogP contribution in [0.2, 0.25) is 10.0 Å². The van der Waals surface area contributed by atoms with Gasteiger partial charge in [0.1, 0.15) is 5.82 Å². The Morgan fingerprint density at radius 1 is 1.05 bits per heavy atom. The van der Waals surface area contributed by atoms with Gasteiger partial charge in [0.25, 0.3) is 0 Å². The molecule has 0 aliphatic heterocycles. The molecule has 0 aromatic heterocycles. The van der Waals surface area contributed by atoms with E-state index in [9.17, 15) is 12.8 Å². The quantitative estimate of drug-likeness (QED) is 0.853. The van der Waals surface area contributed by atoms with Gasteiger partial charge in [-0.05, 0) is 29.8 Å². The van der Waals surface area contributed by atoms with E-state index in [4.69, 9.17) is 23.2 Å². The van der Waals surface area contributed by atoms with E-state index < -0.39 is 15.7 Å². The highest BCUT2D eigenvalue weighted by atomic mass is 35.5. The minimum absolute atomic E-state index is 0.0801. The van der Waals surface area contributed by atoms with Crippen LogP contribution in [0.5, 0.6) is 0 Å². The fourth-order valence-electron chi connectivity index (χ4n) is 1.61. The van der Waals surface area contributed by atoms with Crippen molar-refractivity contribution in [3.8, 4) is 0 Å². The van der Waals surface area contributed by atoms with Gasteiger partial charge in [-0.3, -0.25) is 0 Å². The van der Waals surface area contributed by atoms with Crippen LogP contribution in [-0.4, -0.2) is 8.42 Å². The average Bonchev–Trinajstić information content (AvgIpc) is 2.35. The lowest BCUT2D eigenvalue weighted by Crippen LogP contribution is -2.05. The Balaban J connectivity index is 2.39. The molecule has 0 spiro atoms. The highest BCUT2D eigenvalue weighted by molar-refractivity contribution is 7.90. The van der Waals surface area contributed by atoms with Crippen LogP contribution in [0.25, 0.3) is 0 Å². The molecule has 0 saturated carbocycles. The first-order valence-corrected chi connectivity index (χ1v) is 7.72. The van der Waals surface area contributed by atoms with Crippen molar-refractivity contribution in [1.29, 1.82) is 0 Å². The van der Waals surface area contributed by atoms with Crippen molar-refractivity contribution in [2.75, 3.05) is 0 Å². The van der Waals surface area contributed by atoms with E-state index in [0.29, 0.717) is 5.56 Å². The first-order valence-electron chi connectivity index (χ1n) is 5.31. The van der Waals surface area contributed by atoms with Crippen LogP contribution in [0.4, 0.5) is 4.39 Å². The van der Waals surface area contributed by atoms with Gasteiger partial charge in [-0.2, -0.15) is 0 Å². The number of halogens is 3. The van der Waals surface area contributed by atoms with Gasteiger partial charge in [-0.25, -0.2) is 12.8 Å². The molecule has 0 fully saturated rings. The second kappa shape index (κ2) is 5.49. The van der Waals surface area contributed by atoms with Gasteiger partial charge in [0.05, 0.1) is 20.7 Å². The Morgan fingerprint density at radius 3 is 2.42 bits per heavy atom. The topological polar surface area (TPSA) is 34.1 Å². The molecule has 0 amide bonds. The Hall–Kier alpha value is -1.10. The van der Waals surface area contributed by atoms with Gasteiger partial charge < -0.3 is 0 Å². The van der Waals surface area contributed by atoms with Crippen molar-refractivity contribution in [1.82, 2.24) is 0 Å². The summed E-state index contributed by atoms with van der Waals surface area (Å²) in [6, 6.07) is 9.62. The van der Waals surface area contributed by atoms with E-state index in [2.05, 4.69) is 0 Å². The summed E-state index contributed by atoms with van der Waals surface area (Å²) in [6.07, 6.45) is 0. The fraction of sp³-hybridized carbons (Fsp3) is 0.0769. The third-order valence-electron chi connectivity index (χ3n) is 2.53. The maximum atomic E-state index is 13.1. The molecule has 0 radical (unpaired) electrons. The summed E-state index contributed by atoms with van der Waals surface area (Å²) in [4.78, 5) is -0.0801. The van der Waals surface area contributed by atoms with Crippen molar-refractivity contribution < 1.29 is 12.8 Å². The van der Waals surface area contributed by atoms with Gasteiger partial charge in [-0.1, -0.05) is 41.4 Å². The maximum absolute atomic E-state index is 13.1. The third-order valence-corrected chi connectivity index (χ3v) is 5.05. The van der Waals surface area contributed by atoms with E-state index in [1.165, 1.54) is 18.2 Å². The van der Waals surface area contributed by atoms with Gasteiger partial charge in [0.2, 0.25) is 0 Å². The summed E-state index contributed by atoms with van der Waals surface area (Å²) < 4.78 is 37.4. The molecule has 0 unspecified atom stereocenters.